The minimum Gasteiger partial charge on any atom is -0.349 e. The smallest absolute Gasteiger partial charge is 0.231 e. The van der Waals surface area contributed by atoms with E-state index in [1.165, 1.54) is 0 Å². The maximum Gasteiger partial charge on any atom is 0.231 e. The summed E-state index contributed by atoms with van der Waals surface area (Å²) in [5.74, 6) is 2.05. The van der Waals surface area contributed by atoms with Crippen molar-refractivity contribution in [3.63, 3.8) is 0 Å². The van der Waals surface area contributed by atoms with Gasteiger partial charge in [-0.3, -0.25) is 4.90 Å². The molecule has 6 nitrogen and oxygen atoms in total. The van der Waals surface area contributed by atoms with Gasteiger partial charge in [0.05, 0.1) is 6.67 Å². The second-order valence-electron chi connectivity index (χ2n) is 7.52. The fourth-order valence-corrected chi connectivity index (χ4v) is 1.69. The summed E-state index contributed by atoms with van der Waals surface area (Å²) in [5, 5.41) is 3.46. The van der Waals surface area contributed by atoms with E-state index in [0.717, 1.165) is 19.0 Å². The molecule has 6 heteroatoms. The Morgan fingerprint density at radius 1 is 1.00 bits per heavy atom. The van der Waals surface area contributed by atoms with Crippen molar-refractivity contribution in [3.05, 3.63) is 5.82 Å². The largest absolute Gasteiger partial charge is 0.349 e. The van der Waals surface area contributed by atoms with Crippen LogP contribution in [0.4, 0.5) is 11.9 Å². The van der Waals surface area contributed by atoms with Gasteiger partial charge in [-0.25, -0.2) is 0 Å². The Labute approximate surface area is 135 Å². The predicted octanol–water partition coefficient (Wildman–Crippen LogP) is 2.76. The first-order chi connectivity index (χ1) is 9.96. The first kappa shape index (κ1) is 18.6. The highest BCUT2D eigenvalue weighted by molar-refractivity contribution is 5.38. The SMILES string of the molecule is CCN(C)CN(C)c1nc(C)nc(NC(C)(C)C(C)(C)C)n1. The lowest BCUT2D eigenvalue weighted by molar-refractivity contribution is 0.253. The van der Waals surface area contributed by atoms with Crippen LogP contribution in [0.15, 0.2) is 0 Å². The number of aryl methyl sites for hydroxylation is 1. The fraction of sp³-hybridized carbons (Fsp3) is 0.812. The van der Waals surface area contributed by atoms with Gasteiger partial charge < -0.3 is 10.2 Å². The van der Waals surface area contributed by atoms with Crippen LogP contribution in [0.3, 0.4) is 0 Å². The van der Waals surface area contributed by atoms with Gasteiger partial charge in [-0.2, -0.15) is 15.0 Å². The van der Waals surface area contributed by atoms with Crippen molar-refractivity contribution in [2.24, 2.45) is 5.41 Å². The molecule has 0 aliphatic rings. The normalized spacial score (nSPS) is 12.6. The van der Waals surface area contributed by atoms with Crippen LogP contribution >= 0.6 is 0 Å². The summed E-state index contributed by atoms with van der Waals surface area (Å²) in [7, 11) is 4.08. The third-order valence-corrected chi connectivity index (χ3v) is 4.37. The summed E-state index contributed by atoms with van der Waals surface area (Å²) in [4.78, 5) is 17.7. The molecule has 1 N–H and O–H groups in total. The van der Waals surface area contributed by atoms with E-state index in [1.54, 1.807) is 0 Å². The molecule has 0 atom stereocenters. The Morgan fingerprint density at radius 3 is 2.09 bits per heavy atom. The quantitative estimate of drug-likeness (QED) is 0.816. The van der Waals surface area contributed by atoms with Crippen LogP contribution in [0.5, 0.6) is 0 Å². The summed E-state index contributed by atoms with van der Waals surface area (Å²) < 4.78 is 0. The summed E-state index contributed by atoms with van der Waals surface area (Å²) in [6.45, 7) is 16.7. The summed E-state index contributed by atoms with van der Waals surface area (Å²) in [6, 6.07) is 0. The van der Waals surface area contributed by atoms with Crippen molar-refractivity contribution in [2.45, 2.75) is 54.0 Å². The van der Waals surface area contributed by atoms with E-state index in [1.807, 2.05) is 18.9 Å². The minimum absolute atomic E-state index is 0.0853. The molecule has 0 aliphatic carbocycles. The van der Waals surface area contributed by atoms with E-state index in [9.17, 15) is 0 Å². The van der Waals surface area contributed by atoms with Gasteiger partial charge in [0, 0.05) is 12.6 Å². The van der Waals surface area contributed by atoms with Crippen LogP contribution in [0.2, 0.25) is 0 Å². The maximum absolute atomic E-state index is 4.59. The number of rotatable bonds is 6. The molecule has 0 amide bonds. The number of hydrogen-bond acceptors (Lipinski definition) is 6. The highest BCUT2D eigenvalue weighted by Gasteiger charge is 2.33. The van der Waals surface area contributed by atoms with Gasteiger partial charge in [0.15, 0.2) is 0 Å². The van der Waals surface area contributed by atoms with Crippen molar-refractivity contribution in [1.29, 1.82) is 0 Å². The first-order valence-corrected chi connectivity index (χ1v) is 7.87. The Kier molecular flexibility index (Phi) is 5.73. The second-order valence-corrected chi connectivity index (χ2v) is 7.52. The van der Waals surface area contributed by atoms with Gasteiger partial charge in [0.25, 0.3) is 0 Å². The number of hydrogen-bond donors (Lipinski definition) is 1. The summed E-state index contributed by atoms with van der Waals surface area (Å²) >= 11 is 0. The average molecular weight is 308 g/mol. The van der Waals surface area contributed by atoms with Crippen LogP contribution in [0.1, 0.15) is 47.4 Å². The van der Waals surface area contributed by atoms with E-state index in [2.05, 4.69) is 73.8 Å². The number of nitrogens with zero attached hydrogens (tertiary/aromatic N) is 5. The molecule has 0 saturated carbocycles. The molecular weight excluding hydrogens is 276 g/mol. The lowest BCUT2D eigenvalue weighted by Crippen LogP contribution is -2.44. The van der Waals surface area contributed by atoms with Gasteiger partial charge in [-0.1, -0.05) is 27.7 Å². The second kappa shape index (κ2) is 6.77. The van der Waals surface area contributed by atoms with Crippen LogP contribution < -0.4 is 10.2 Å². The zero-order valence-electron chi connectivity index (χ0n) is 15.7. The van der Waals surface area contributed by atoms with Gasteiger partial charge in [-0.15, -0.1) is 0 Å². The molecule has 0 spiro atoms. The third kappa shape index (κ3) is 4.80. The molecule has 1 heterocycles. The molecule has 0 fully saturated rings. The molecule has 0 radical (unpaired) electrons. The monoisotopic (exact) mass is 308 g/mol. The van der Waals surface area contributed by atoms with E-state index >= 15 is 0 Å². The molecule has 1 aromatic rings. The van der Waals surface area contributed by atoms with Crippen molar-refractivity contribution in [3.8, 4) is 0 Å². The number of anilines is 2. The lowest BCUT2D eigenvalue weighted by atomic mass is 9.76. The van der Waals surface area contributed by atoms with E-state index in [-0.39, 0.29) is 11.0 Å². The van der Waals surface area contributed by atoms with Crippen molar-refractivity contribution >= 4 is 11.9 Å². The third-order valence-electron chi connectivity index (χ3n) is 4.37. The number of nitrogens with one attached hydrogen (secondary N) is 1. The zero-order valence-corrected chi connectivity index (χ0v) is 15.7. The standard InChI is InChI=1S/C16H32N6/c1-10-21(8)11-22(9)14-18-12(2)17-13(19-14)20-16(6,7)15(3,4)5/h10-11H2,1-9H3,(H,17,18,19,20). The lowest BCUT2D eigenvalue weighted by Gasteiger charge is -2.39. The van der Waals surface area contributed by atoms with Gasteiger partial charge in [-0.05, 0) is 39.8 Å². The highest BCUT2D eigenvalue weighted by atomic mass is 15.4. The van der Waals surface area contributed by atoms with Gasteiger partial charge in [0.1, 0.15) is 5.82 Å². The van der Waals surface area contributed by atoms with Crippen LogP contribution in [-0.2, 0) is 0 Å². The first-order valence-electron chi connectivity index (χ1n) is 7.87. The molecule has 0 unspecified atom stereocenters. The van der Waals surface area contributed by atoms with E-state index in [0.29, 0.717) is 11.9 Å². The van der Waals surface area contributed by atoms with Gasteiger partial charge >= 0.3 is 0 Å². The fourth-order valence-electron chi connectivity index (χ4n) is 1.69. The van der Waals surface area contributed by atoms with E-state index in [4.69, 9.17) is 0 Å². The molecule has 0 bridgehead atoms. The Bertz CT molecular complexity index is 492. The Balaban J connectivity index is 3.00. The maximum atomic E-state index is 4.59. The molecule has 22 heavy (non-hydrogen) atoms. The molecule has 1 aromatic heterocycles. The molecule has 0 saturated heterocycles. The summed E-state index contributed by atoms with van der Waals surface area (Å²) in [6.07, 6.45) is 0. The predicted molar refractivity (Wildman–Crippen MR) is 93.3 cm³/mol. The Hall–Kier alpha value is -1.43. The topological polar surface area (TPSA) is 57.2 Å². The van der Waals surface area contributed by atoms with Crippen LogP contribution in [0.25, 0.3) is 0 Å². The Morgan fingerprint density at radius 2 is 1.59 bits per heavy atom. The molecule has 1 rings (SSSR count). The van der Waals surface area contributed by atoms with Crippen LogP contribution in [0, 0.1) is 12.3 Å². The average Bonchev–Trinajstić information content (AvgIpc) is 2.35. The van der Waals surface area contributed by atoms with Crippen molar-refractivity contribution in [1.82, 2.24) is 19.9 Å². The molecule has 0 aliphatic heterocycles. The van der Waals surface area contributed by atoms with Crippen molar-refractivity contribution in [2.75, 3.05) is 37.5 Å². The highest BCUT2D eigenvalue weighted by Crippen LogP contribution is 2.32. The molecular formula is C16H32N6. The zero-order chi connectivity index (χ0) is 17.1. The molecule has 0 aromatic carbocycles. The molecule has 126 valence electrons. The van der Waals surface area contributed by atoms with Crippen molar-refractivity contribution < 1.29 is 0 Å². The van der Waals surface area contributed by atoms with Crippen LogP contribution in [-0.4, -0.2) is 52.7 Å². The van der Waals surface area contributed by atoms with E-state index < -0.39 is 0 Å². The minimum atomic E-state index is -0.128. The summed E-state index contributed by atoms with van der Waals surface area (Å²) in [5.41, 5.74) is -0.0428. The van der Waals surface area contributed by atoms with Gasteiger partial charge in [0.2, 0.25) is 11.9 Å². The number of aromatic nitrogens is 3.